The van der Waals surface area contributed by atoms with Gasteiger partial charge < -0.3 is 9.47 Å². The van der Waals surface area contributed by atoms with Crippen LogP contribution < -0.4 is 4.74 Å². The second-order valence-corrected chi connectivity index (χ2v) is 3.49. The van der Waals surface area contributed by atoms with Crippen molar-refractivity contribution >= 4 is 5.97 Å². The molecule has 0 spiro atoms. The first-order chi connectivity index (χ1) is 8.17. The van der Waals surface area contributed by atoms with Crippen molar-refractivity contribution in [1.29, 1.82) is 5.26 Å². The van der Waals surface area contributed by atoms with Gasteiger partial charge in [-0.15, -0.1) is 0 Å². The maximum Gasteiger partial charge on any atom is 0.347 e. The third kappa shape index (κ3) is 4.15. The van der Waals surface area contributed by atoms with Gasteiger partial charge in [-0.05, 0) is 31.5 Å². The van der Waals surface area contributed by atoms with Crippen molar-refractivity contribution in [3.05, 3.63) is 29.8 Å². The van der Waals surface area contributed by atoms with E-state index >= 15 is 0 Å². The number of carbonyl (C=O) groups is 1. The molecule has 0 aliphatic rings. The number of hydrogen-bond donors (Lipinski definition) is 0. The summed E-state index contributed by atoms with van der Waals surface area (Å²) in [5.74, 6) is 0.209. The van der Waals surface area contributed by atoms with Crippen LogP contribution in [0.15, 0.2) is 24.3 Å². The molecular weight excluding hydrogens is 218 g/mol. The number of esters is 1. The molecule has 0 N–H and O–H groups in total. The Morgan fingerprint density at radius 2 is 2.06 bits per heavy atom. The van der Waals surface area contributed by atoms with E-state index in [1.807, 2.05) is 0 Å². The Bertz CT molecular complexity index is 406. The predicted molar refractivity (Wildman–Crippen MR) is 62.5 cm³/mol. The van der Waals surface area contributed by atoms with Crippen molar-refractivity contribution in [3.63, 3.8) is 0 Å². The number of nitriles is 1. The average Bonchev–Trinajstić information content (AvgIpc) is 2.32. The third-order valence-electron chi connectivity index (χ3n) is 2.14. The molecule has 1 aromatic rings. The van der Waals surface area contributed by atoms with E-state index in [9.17, 15) is 4.79 Å². The second-order valence-electron chi connectivity index (χ2n) is 3.49. The van der Waals surface area contributed by atoms with Crippen molar-refractivity contribution in [3.8, 4) is 11.8 Å². The molecule has 4 heteroatoms. The van der Waals surface area contributed by atoms with Crippen LogP contribution in [0, 0.1) is 11.3 Å². The minimum absolute atomic E-state index is 0.341. The Morgan fingerprint density at radius 3 is 2.59 bits per heavy atom. The summed E-state index contributed by atoms with van der Waals surface area (Å²) in [7, 11) is 0. The summed E-state index contributed by atoms with van der Waals surface area (Å²) >= 11 is 0. The number of nitrogens with zero attached hydrogens (tertiary/aromatic N) is 1. The molecule has 1 rings (SSSR count). The molecule has 90 valence electrons. The number of benzene rings is 1. The van der Waals surface area contributed by atoms with E-state index in [1.54, 1.807) is 38.1 Å². The van der Waals surface area contributed by atoms with E-state index in [4.69, 9.17) is 14.7 Å². The lowest BCUT2D eigenvalue weighted by Crippen LogP contribution is -2.26. The number of hydrogen-bond acceptors (Lipinski definition) is 4. The van der Waals surface area contributed by atoms with E-state index in [2.05, 4.69) is 6.07 Å². The Morgan fingerprint density at radius 1 is 1.41 bits per heavy atom. The molecule has 1 atom stereocenters. The van der Waals surface area contributed by atoms with Crippen molar-refractivity contribution in [2.45, 2.75) is 26.4 Å². The van der Waals surface area contributed by atoms with Crippen LogP contribution in [0.2, 0.25) is 0 Å². The Balaban J connectivity index is 2.57. The average molecular weight is 233 g/mol. The van der Waals surface area contributed by atoms with Crippen LogP contribution in [0.4, 0.5) is 0 Å². The molecule has 0 aliphatic carbocycles. The summed E-state index contributed by atoms with van der Waals surface area (Å²) in [5.41, 5.74) is 0.920. The van der Waals surface area contributed by atoms with Gasteiger partial charge in [0.05, 0.1) is 19.1 Å². The second kappa shape index (κ2) is 6.54. The molecule has 0 saturated carbocycles. The molecule has 1 unspecified atom stereocenters. The monoisotopic (exact) mass is 233 g/mol. The highest BCUT2D eigenvalue weighted by atomic mass is 16.6. The zero-order valence-electron chi connectivity index (χ0n) is 9.97. The Kier molecular flexibility index (Phi) is 5.02. The van der Waals surface area contributed by atoms with Crippen LogP contribution in [-0.2, 0) is 16.0 Å². The molecule has 0 aromatic heterocycles. The first-order valence-electron chi connectivity index (χ1n) is 5.46. The summed E-state index contributed by atoms with van der Waals surface area (Å²) in [6, 6.07) is 9.15. The van der Waals surface area contributed by atoms with Gasteiger partial charge in [0.1, 0.15) is 5.75 Å². The number of ether oxygens (including phenoxy) is 2. The topological polar surface area (TPSA) is 59.3 Å². The molecule has 0 radical (unpaired) electrons. The fraction of sp³-hybridized carbons (Fsp3) is 0.385. The maximum absolute atomic E-state index is 11.3. The van der Waals surface area contributed by atoms with Gasteiger partial charge in [-0.3, -0.25) is 0 Å². The lowest BCUT2D eigenvalue weighted by Gasteiger charge is -2.13. The molecule has 0 bridgehead atoms. The molecule has 0 fully saturated rings. The molecule has 17 heavy (non-hydrogen) atoms. The normalized spacial score (nSPS) is 11.4. The van der Waals surface area contributed by atoms with Gasteiger partial charge in [0, 0.05) is 0 Å². The molecule has 0 heterocycles. The van der Waals surface area contributed by atoms with E-state index in [-0.39, 0.29) is 5.97 Å². The summed E-state index contributed by atoms with van der Waals surface area (Å²) < 4.78 is 10.2. The summed E-state index contributed by atoms with van der Waals surface area (Å²) in [5, 5.41) is 8.52. The molecule has 0 amide bonds. The zero-order chi connectivity index (χ0) is 12.7. The summed E-state index contributed by atoms with van der Waals surface area (Å²) in [4.78, 5) is 11.3. The zero-order valence-corrected chi connectivity index (χ0v) is 9.97. The lowest BCUT2D eigenvalue weighted by molar-refractivity contribution is -0.150. The van der Waals surface area contributed by atoms with Gasteiger partial charge in [-0.25, -0.2) is 4.79 Å². The van der Waals surface area contributed by atoms with Crippen LogP contribution in [0.5, 0.6) is 5.75 Å². The predicted octanol–water partition coefficient (Wildman–Crippen LogP) is 2.08. The highest BCUT2D eigenvalue weighted by Crippen LogP contribution is 2.14. The first-order valence-corrected chi connectivity index (χ1v) is 5.46. The largest absolute Gasteiger partial charge is 0.479 e. The molecule has 1 aromatic carbocycles. The highest BCUT2D eigenvalue weighted by molar-refractivity contribution is 5.74. The van der Waals surface area contributed by atoms with Crippen LogP contribution in [0.1, 0.15) is 19.4 Å². The van der Waals surface area contributed by atoms with Gasteiger partial charge in [-0.1, -0.05) is 12.1 Å². The molecule has 4 nitrogen and oxygen atoms in total. The molecule has 0 aliphatic heterocycles. The Hall–Kier alpha value is -2.02. The van der Waals surface area contributed by atoms with Crippen molar-refractivity contribution in [1.82, 2.24) is 0 Å². The quantitative estimate of drug-likeness (QED) is 0.730. The molecular formula is C13H15NO3. The summed E-state index contributed by atoms with van der Waals surface area (Å²) in [6.07, 6.45) is -0.259. The first kappa shape index (κ1) is 13.0. The van der Waals surface area contributed by atoms with Crippen LogP contribution in [0.25, 0.3) is 0 Å². The molecule has 0 saturated heterocycles. The smallest absolute Gasteiger partial charge is 0.347 e. The van der Waals surface area contributed by atoms with Crippen LogP contribution in [0.3, 0.4) is 0 Å². The Labute approximate surface area is 101 Å². The minimum atomic E-state index is -0.628. The van der Waals surface area contributed by atoms with Crippen molar-refractivity contribution < 1.29 is 14.3 Å². The lowest BCUT2D eigenvalue weighted by atomic mass is 10.2. The van der Waals surface area contributed by atoms with E-state index in [0.717, 1.165) is 5.56 Å². The standard InChI is InChI=1S/C13H15NO3/c1-3-16-13(15)10(2)17-12-6-4-11(5-7-12)8-9-14/h4-7,10H,3,8H2,1-2H3. The maximum atomic E-state index is 11.3. The summed E-state index contributed by atoms with van der Waals surface area (Å²) in [6.45, 7) is 3.73. The van der Waals surface area contributed by atoms with Crippen molar-refractivity contribution in [2.75, 3.05) is 6.61 Å². The van der Waals surface area contributed by atoms with E-state index in [1.165, 1.54) is 0 Å². The third-order valence-corrected chi connectivity index (χ3v) is 2.14. The fourth-order valence-electron chi connectivity index (χ4n) is 1.29. The number of rotatable bonds is 5. The number of carbonyl (C=O) groups excluding carboxylic acids is 1. The van der Waals surface area contributed by atoms with Gasteiger partial charge >= 0.3 is 5.97 Å². The van der Waals surface area contributed by atoms with Crippen molar-refractivity contribution in [2.24, 2.45) is 0 Å². The van der Waals surface area contributed by atoms with Gasteiger partial charge in [0.15, 0.2) is 6.10 Å². The highest BCUT2D eigenvalue weighted by Gasteiger charge is 2.15. The van der Waals surface area contributed by atoms with Crippen LogP contribution >= 0.6 is 0 Å². The van der Waals surface area contributed by atoms with Gasteiger partial charge in [0.25, 0.3) is 0 Å². The fourth-order valence-corrected chi connectivity index (χ4v) is 1.29. The van der Waals surface area contributed by atoms with Crippen LogP contribution in [-0.4, -0.2) is 18.7 Å². The van der Waals surface area contributed by atoms with E-state index < -0.39 is 6.10 Å². The van der Waals surface area contributed by atoms with Gasteiger partial charge in [0.2, 0.25) is 0 Å². The van der Waals surface area contributed by atoms with Gasteiger partial charge in [-0.2, -0.15) is 5.26 Å². The van der Waals surface area contributed by atoms with E-state index in [0.29, 0.717) is 18.8 Å². The SMILES string of the molecule is CCOC(=O)C(C)Oc1ccc(CC#N)cc1. The minimum Gasteiger partial charge on any atom is -0.479 e.